The van der Waals surface area contributed by atoms with Gasteiger partial charge in [0.2, 0.25) is 11.8 Å². The maximum absolute atomic E-state index is 13.8. The minimum Gasteiger partial charge on any atom is -0.444 e. The number of aromatic nitrogens is 2. The van der Waals surface area contributed by atoms with Gasteiger partial charge in [-0.1, -0.05) is 54.6 Å². The lowest BCUT2D eigenvalue weighted by molar-refractivity contribution is -0.133. The van der Waals surface area contributed by atoms with E-state index < -0.39 is 17.7 Å². The average molecular weight is 598 g/mol. The standard InChI is InChI=1S/C35H43N5O4/c1-24(41)36-17-19-40-31-14-8-7-13-30(31)38-33(40)28-12-9-18-39(23-28)32(42)22-29(37-34(43)44-35(2,3)4)21-25-15-16-26-10-5-6-11-27(26)20-25/h5-8,10-11,13-16,20,28-29H,9,12,17-19,21-23H2,1-4H3,(H,36,41)(H,37,43)/t28-,29-/m1/s1. The molecule has 3 aromatic carbocycles. The minimum absolute atomic E-state index is 0.00236. The van der Waals surface area contributed by atoms with Crippen LogP contribution in [-0.2, 0) is 27.3 Å². The Labute approximate surface area is 259 Å². The summed E-state index contributed by atoms with van der Waals surface area (Å²) in [4.78, 5) is 45.1. The first-order chi connectivity index (χ1) is 21.1. The van der Waals surface area contributed by atoms with Gasteiger partial charge in [0.15, 0.2) is 0 Å². The molecular formula is C35H43N5O4. The van der Waals surface area contributed by atoms with Crippen LogP contribution in [0, 0.1) is 0 Å². The second kappa shape index (κ2) is 13.5. The maximum Gasteiger partial charge on any atom is 0.407 e. The Morgan fingerprint density at radius 2 is 1.77 bits per heavy atom. The molecule has 9 heteroatoms. The van der Waals surface area contributed by atoms with Crippen LogP contribution in [0.4, 0.5) is 4.79 Å². The van der Waals surface area contributed by atoms with Crippen molar-refractivity contribution in [1.29, 1.82) is 0 Å². The average Bonchev–Trinajstić information content (AvgIpc) is 3.34. The first-order valence-corrected chi connectivity index (χ1v) is 15.5. The zero-order chi connectivity index (χ0) is 31.3. The van der Waals surface area contributed by atoms with Gasteiger partial charge in [0.25, 0.3) is 0 Å². The summed E-state index contributed by atoms with van der Waals surface area (Å²) in [5.41, 5.74) is 2.33. The highest BCUT2D eigenvalue weighted by atomic mass is 16.6. The number of imidazole rings is 1. The van der Waals surface area contributed by atoms with E-state index in [1.807, 2.05) is 62.1 Å². The molecule has 0 aliphatic carbocycles. The summed E-state index contributed by atoms with van der Waals surface area (Å²) in [6, 6.07) is 22.0. The SMILES string of the molecule is CC(=O)NCCn1c([C@@H]2CCCN(C(=O)C[C@@H](Cc3ccc4ccccc4c3)NC(=O)OC(C)(C)C)C2)nc2ccccc21. The van der Waals surface area contributed by atoms with Gasteiger partial charge in [0, 0.05) is 51.5 Å². The lowest BCUT2D eigenvalue weighted by atomic mass is 9.95. The number of para-hydroxylation sites is 2. The molecule has 1 aliphatic rings. The Morgan fingerprint density at radius 3 is 2.55 bits per heavy atom. The number of hydrogen-bond donors (Lipinski definition) is 2. The Kier molecular flexibility index (Phi) is 9.52. The minimum atomic E-state index is -0.646. The number of hydrogen-bond acceptors (Lipinski definition) is 5. The molecule has 2 atom stereocenters. The van der Waals surface area contributed by atoms with Crippen molar-refractivity contribution in [3.63, 3.8) is 0 Å². The number of likely N-dealkylation sites (tertiary alicyclic amines) is 1. The molecule has 0 spiro atoms. The van der Waals surface area contributed by atoms with Gasteiger partial charge < -0.3 is 24.8 Å². The van der Waals surface area contributed by atoms with E-state index in [0.717, 1.165) is 46.0 Å². The molecule has 3 amide bonds. The monoisotopic (exact) mass is 597 g/mol. The number of amides is 3. The topological polar surface area (TPSA) is 106 Å². The number of alkyl carbamates (subject to hydrolysis) is 1. The van der Waals surface area contributed by atoms with Crippen LogP contribution < -0.4 is 10.6 Å². The summed E-state index contributed by atoms with van der Waals surface area (Å²) in [5, 5.41) is 8.14. The molecule has 2 heterocycles. The van der Waals surface area contributed by atoms with Gasteiger partial charge in [-0.15, -0.1) is 0 Å². The Morgan fingerprint density at radius 1 is 1.02 bits per heavy atom. The van der Waals surface area contributed by atoms with Crippen LogP contribution >= 0.6 is 0 Å². The summed E-state index contributed by atoms with van der Waals surface area (Å²) in [7, 11) is 0. The number of piperidine rings is 1. The van der Waals surface area contributed by atoms with E-state index in [1.165, 1.54) is 6.92 Å². The number of nitrogens with one attached hydrogen (secondary N) is 2. The van der Waals surface area contributed by atoms with E-state index in [0.29, 0.717) is 32.6 Å². The van der Waals surface area contributed by atoms with Gasteiger partial charge in [-0.25, -0.2) is 9.78 Å². The lowest BCUT2D eigenvalue weighted by Gasteiger charge is -2.34. The van der Waals surface area contributed by atoms with Crippen molar-refractivity contribution in [3.05, 3.63) is 78.1 Å². The zero-order valence-electron chi connectivity index (χ0n) is 26.1. The fourth-order valence-corrected chi connectivity index (χ4v) is 6.04. The number of fused-ring (bicyclic) bond motifs is 2. The van der Waals surface area contributed by atoms with Crippen molar-refractivity contribution >= 4 is 39.7 Å². The number of carbonyl (C=O) groups is 3. The Hall–Kier alpha value is -4.40. The molecule has 9 nitrogen and oxygen atoms in total. The van der Waals surface area contributed by atoms with E-state index >= 15 is 0 Å². The summed E-state index contributed by atoms with van der Waals surface area (Å²) in [6.07, 6.45) is 1.92. The third-order valence-electron chi connectivity index (χ3n) is 7.97. The van der Waals surface area contributed by atoms with Crippen molar-refractivity contribution in [2.24, 2.45) is 0 Å². The van der Waals surface area contributed by atoms with Gasteiger partial charge in [-0.2, -0.15) is 0 Å². The van der Waals surface area contributed by atoms with Crippen molar-refractivity contribution in [2.75, 3.05) is 19.6 Å². The quantitative estimate of drug-likeness (QED) is 0.263. The third kappa shape index (κ3) is 7.95. The van der Waals surface area contributed by atoms with E-state index in [1.54, 1.807) is 0 Å². The Bertz CT molecular complexity index is 1640. The van der Waals surface area contributed by atoms with Crippen LogP contribution in [0.1, 0.15) is 64.3 Å². The van der Waals surface area contributed by atoms with E-state index in [2.05, 4.69) is 45.5 Å². The van der Waals surface area contributed by atoms with Crippen LogP contribution in [0.25, 0.3) is 21.8 Å². The normalized spacial score (nSPS) is 16.1. The van der Waals surface area contributed by atoms with Crippen molar-refractivity contribution in [2.45, 2.75) is 77.5 Å². The van der Waals surface area contributed by atoms with Gasteiger partial charge in [-0.05, 0) is 68.5 Å². The molecule has 232 valence electrons. The van der Waals surface area contributed by atoms with Gasteiger partial charge in [-0.3, -0.25) is 9.59 Å². The van der Waals surface area contributed by atoms with Crippen molar-refractivity contribution in [3.8, 4) is 0 Å². The molecule has 44 heavy (non-hydrogen) atoms. The molecule has 0 radical (unpaired) electrons. The largest absolute Gasteiger partial charge is 0.444 e. The molecule has 1 aliphatic heterocycles. The van der Waals surface area contributed by atoms with Gasteiger partial charge >= 0.3 is 6.09 Å². The molecule has 0 unspecified atom stereocenters. The highest BCUT2D eigenvalue weighted by Gasteiger charge is 2.30. The molecule has 1 saturated heterocycles. The summed E-state index contributed by atoms with van der Waals surface area (Å²) >= 11 is 0. The zero-order valence-corrected chi connectivity index (χ0v) is 26.1. The predicted molar refractivity (Wildman–Crippen MR) is 172 cm³/mol. The second-order valence-electron chi connectivity index (χ2n) is 12.7. The van der Waals surface area contributed by atoms with E-state index in [-0.39, 0.29) is 24.2 Å². The number of carbonyl (C=O) groups excluding carboxylic acids is 3. The maximum atomic E-state index is 13.8. The molecule has 2 N–H and O–H groups in total. The highest BCUT2D eigenvalue weighted by molar-refractivity contribution is 5.83. The molecule has 4 aromatic rings. The summed E-state index contributed by atoms with van der Waals surface area (Å²) in [6.45, 7) is 9.32. The second-order valence-corrected chi connectivity index (χ2v) is 12.7. The smallest absolute Gasteiger partial charge is 0.407 e. The summed E-state index contributed by atoms with van der Waals surface area (Å²) < 4.78 is 7.73. The van der Waals surface area contributed by atoms with Crippen LogP contribution in [0.5, 0.6) is 0 Å². The number of benzene rings is 3. The molecular weight excluding hydrogens is 554 g/mol. The fraction of sp³-hybridized carbons (Fsp3) is 0.429. The van der Waals surface area contributed by atoms with Gasteiger partial charge in [0.05, 0.1) is 11.0 Å². The number of nitrogens with zero attached hydrogens (tertiary/aromatic N) is 3. The van der Waals surface area contributed by atoms with E-state index in [4.69, 9.17) is 9.72 Å². The first-order valence-electron chi connectivity index (χ1n) is 15.5. The van der Waals surface area contributed by atoms with Gasteiger partial charge in [0.1, 0.15) is 11.4 Å². The van der Waals surface area contributed by atoms with E-state index in [9.17, 15) is 14.4 Å². The number of ether oxygens (including phenoxy) is 1. The molecule has 1 aromatic heterocycles. The molecule has 1 fully saturated rings. The van der Waals surface area contributed by atoms with Crippen LogP contribution in [0.15, 0.2) is 66.7 Å². The molecule has 0 saturated carbocycles. The van der Waals surface area contributed by atoms with Crippen molar-refractivity contribution < 1.29 is 19.1 Å². The summed E-state index contributed by atoms with van der Waals surface area (Å²) in [5.74, 6) is 0.935. The first kappa shape index (κ1) is 31.0. The van der Waals surface area contributed by atoms with Crippen LogP contribution in [0.2, 0.25) is 0 Å². The lowest BCUT2D eigenvalue weighted by Crippen LogP contribution is -2.46. The highest BCUT2D eigenvalue weighted by Crippen LogP contribution is 2.30. The van der Waals surface area contributed by atoms with Crippen LogP contribution in [0.3, 0.4) is 0 Å². The Balaban J connectivity index is 1.33. The molecule has 5 rings (SSSR count). The fourth-order valence-electron chi connectivity index (χ4n) is 6.04. The van der Waals surface area contributed by atoms with Crippen LogP contribution in [-0.4, -0.2) is 63.6 Å². The number of rotatable bonds is 9. The third-order valence-corrected chi connectivity index (χ3v) is 7.97. The molecule has 0 bridgehead atoms. The predicted octanol–water partition coefficient (Wildman–Crippen LogP) is 5.56. The van der Waals surface area contributed by atoms with Crippen molar-refractivity contribution in [1.82, 2.24) is 25.1 Å².